The maximum atomic E-state index is 12.9. The highest BCUT2D eigenvalue weighted by molar-refractivity contribution is 5.65. The van der Waals surface area contributed by atoms with Gasteiger partial charge in [0, 0.05) is 18.1 Å². The number of rotatable bonds is 2. The standard InChI is InChI=1S/C13H12F3NO/c1-3-9-7-12(17-18-9)10-5-4-8(2)6-11(10)13(14,15)16/h4-7H,3H2,1-2H3. The van der Waals surface area contributed by atoms with E-state index >= 15 is 0 Å². The van der Waals surface area contributed by atoms with E-state index in [9.17, 15) is 13.2 Å². The average molecular weight is 255 g/mol. The Morgan fingerprint density at radius 3 is 2.50 bits per heavy atom. The highest BCUT2D eigenvalue weighted by atomic mass is 19.4. The second-order valence-electron chi connectivity index (χ2n) is 4.08. The van der Waals surface area contributed by atoms with Gasteiger partial charge in [-0.1, -0.05) is 29.8 Å². The quantitative estimate of drug-likeness (QED) is 0.802. The molecule has 0 amide bonds. The monoisotopic (exact) mass is 255 g/mol. The summed E-state index contributed by atoms with van der Waals surface area (Å²) in [6, 6.07) is 5.72. The molecule has 1 aromatic heterocycles. The number of aromatic nitrogens is 1. The van der Waals surface area contributed by atoms with E-state index in [0.29, 0.717) is 17.7 Å². The number of benzene rings is 1. The van der Waals surface area contributed by atoms with Crippen molar-refractivity contribution in [1.29, 1.82) is 0 Å². The van der Waals surface area contributed by atoms with Crippen LogP contribution >= 0.6 is 0 Å². The number of hydrogen-bond acceptors (Lipinski definition) is 2. The molecule has 1 aromatic carbocycles. The summed E-state index contributed by atoms with van der Waals surface area (Å²) >= 11 is 0. The van der Waals surface area contributed by atoms with Crippen molar-refractivity contribution in [2.45, 2.75) is 26.4 Å². The minimum atomic E-state index is -4.40. The summed E-state index contributed by atoms with van der Waals surface area (Å²) in [5, 5.41) is 3.69. The zero-order valence-corrected chi connectivity index (χ0v) is 10.0. The Labute approximate surface area is 102 Å². The van der Waals surface area contributed by atoms with Gasteiger partial charge in [-0.15, -0.1) is 0 Å². The van der Waals surface area contributed by atoms with Crippen LogP contribution in [-0.4, -0.2) is 5.16 Å². The van der Waals surface area contributed by atoms with Crippen molar-refractivity contribution >= 4 is 0 Å². The Morgan fingerprint density at radius 1 is 1.22 bits per heavy atom. The second-order valence-corrected chi connectivity index (χ2v) is 4.08. The second kappa shape index (κ2) is 4.48. The average Bonchev–Trinajstić information content (AvgIpc) is 2.76. The van der Waals surface area contributed by atoms with Crippen LogP contribution in [0.4, 0.5) is 13.2 Å². The molecule has 0 unspecified atom stereocenters. The van der Waals surface area contributed by atoms with Gasteiger partial charge in [-0.2, -0.15) is 13.2 Å². The van der Waals surface area contributed by atoms with Crippen LogP contribution in [0.1, 0.15) is 23.8 Å². The van der Waals surface area contributed by atoms with E-state index in [1.807, 2.05) is 6.92 Å². The molecule has 1 heterocycles. The molecule has 0 aliphatic heterocycles. The van der Waals surface area contributed by atoms with E-state index in [1.54, 1.807) is 19.1 Å². The minimum absolute atomic E-state index is 0.0524. The molecule has 0 aliphatic carbocycles. The van der Waals surface area contributed by atoms with Crippen LogP contribution in [0, 0.1) is 6.92 Å². The minimum Gasteiger partial charge on any atom is -0.361 e. The van der Waals surface area contributed by atoms with Crippen LogP contribution in [0.5, 0.6) is 0 Å². The maximum Gasteiger partial charge on any atom is 0.417 e. The highest BCUT2D eigenvalue weighted by Gasteiger charge is 2.34. The zero-order chi connectivity index (χ0) is 13.3. The van der Waals surface area contributed by atoms with Crippen molar-refractivity contribution in [2.75, 3.05) is 0 Å². The van der Waals surface area contributed by atoms with Gasteiger partial charge in [0.1, 0.15) is 11.5 Å². The van der Waals surface area contributed by atoms with Crippen molar-refractivity contribution in [2.24, 2.45) is 0 Å². The van der Waals surface area contributed by atoms with E-state index in [1.165, 1.54) is 6.07 Å². The van der Waals surface area contributed by atoms with Gasteiger partial charge in [0.25, 0.3) is 0 Å². The molecule has 2 rings (SSSR count). The van der Waals surface area contributed by atoms with Crippen LogP contribution in [0.15, 0.2) is 28.8 Å². The number of hydrogen-bond donors (Lipinski definition) is 0. The molecule has 2 aromatic rings. The van der Waals surface area contributed by atoms with E-state index in [-0.39, 0.29) is 11.3 Å². The third kappa shape index (κ3) is 2.39. The summed E-state index contributed by atoms with van der Waals surface area (Å²) in [5.41, 5.74) is 0.152. The third-order valence-electron chi connectivity index (χ3n) is 2.66. The Bertz CT molecular complexity index is 558. The third-order valence-corrected chi connectivity index (χ3v) is 2.66. The van der Waals surface area contributed by atoms with Gasteiger partial charge < -0.3 is 4.52 Å². The van der Waals surface area contributed by atoms with Crippen molar-refractivity contribution in [1.82, 2.24) is 5.16 Å². The molecule has 96 valence electrons. The zero-order valence-electron chi connectivity index (χ0n) is 10.0. The fourth-order valence-electron chi connectivity index (χ4n) is 1.72. The summed E-state index contributed by atoms with van der Waals surface area (Å²) in [6.45, 7) is 3.48. The van der Waals surface area contributed by atoms with Crippen molar-refractivity contribution in [3.05, 3.63) is 41.2 Å². The largest absolute Gasteiger partial charge is 0.417 e. The van der Waals surface area contributed by atoms with Gasteiger partial charge in [0.15, 0.2) is 0 Å². The molecule has 0 spiro atoms. The molecule has 0 radical (unpaired) electrons. The fourth-order valence-corrected chi connectivity index (χ4v) is 1.72. The van der Waals surface area contributed by atoms with Crippen LogP contribution < -0.4 is 0 Å². The summed E-state index contributed by atoms with van der Waals surface area (Å²) in [6.07, 6.45) is -3.80. The molecule has 0 fully saturated rings. The van der Waals surface area contributed by atoms with Crippen molar-refractivity contribution < 1.29 is 17.7 Å². The summed E-state index contributed by atoms with van der Waals surface area (Å²) < 4.78 is 43.8. The number of alkyl halides is 3. The van der Waals surface area contributed by atoms with Gasteiger partial charge in [0.2, 0.25) is 0 Å². The molecule has 0 atom stereocenters. The molecule has 0 bridgehead atoms. The highest BCUT2D eigenvalue weighted by Crippen LogP contribution is 2.37. The first-order chi connectivity index (χ1) is 8.41. The smallest absolute Gasteiger partial charge is 0.361 e. The van der Waals surface area contributed by atoms with Crippen molar-refractivity contribution in [3.8, 4) is 11.3 Å². The first-order valence-electron chi connectivity index (χ1n) is 5.55. The molecule has 18 heavy (non-hydrogen) atoms. The van der Waals surface area contributed by atoms with Crippen LogP contribution in [-0.2, 0) is 12.6 Å². The number of halogens is 3. The Balaban J connectivity index is 2.56. The van der Waals surface area contributed by atoms with Crippen LogP contribution in [0.25, 0.3) is 11.3 Å². The molecular weight excluding hydrogens is 243 g/mol. The van der Waals surface area contributed by atoms with Gasteiger partial charge >= 0.3 is 6.18 Å². The Morgan fingerprint density at radius 2 is 1.94 bits per heavy atom. The fraction of sp³-hybridized carbons (Fsp3) is 0.308. The van der Waals surface area contributed by atoms with Gasteiger partial charge in [-0.25, -0.2) is 0 Å². The summed E-state index contributed by atoms with van der Waals surface area (Å²) in [5.74, 6) is 0.568. The number of nitrogens with zero attached hydrogens (tertiary/aromatic N) is 1. The molecule has 0 saturated carbocycles. The first-order valence-corrected chi connectivity index (χ1v) is 5.55. The molecule has 0 saturated heterocycles. The lowest BCUT2D eigenvalue weighted by Gasteiger charge is -2.11. The topological polar surface area (TPSA) is 26.0 Å². The molecule has 0 aliphatic rings. The molecular formula is C13H12F3NO. The van der Waals surface area contributed by atoms with Crippen LogP contribution in [0.3, 0.4) is 0 Å². The molecule has 2 nitrogen and oxygen atoms in total. The lowest BCUT2D eigenvalue weighted by atomic mass is 10.0. The van der Waals surface area contributed by atoms with Crippen LogP contribution in [0.2, 0.25) is 0 Å². The Kier molecular flexibility index (Phi) is 3.15. The van der Waals surface area contributed by atoms with Crippen molar-refractivity contribution in [3.63, 3.8) is 0 Å². The van der Waals surface area contributed by atoms with E-state index in [0.717, 1.165) is 6.07 Å². The van der Waals surface area contributed by atoms with Gasteiger partial charge in [-0.3, -0.25) is 0 Å². The molecule has 0 N–H and O–H groups in total. The predicted octanol–water partition coefficient (Wildman–Crippen LogP) is 4.23. The van der Waals surface area contributed by atoms with Gasteiger partial charge in [0.05, 0.1) is 5.56 Å². The summed E-state index contributed by atoms with van der Waals surface area (Å²) in [4.78, 5) is 0. The van der Waals surface area contributed by atoms with E-state index < -0.39 is 11.7 Å². The SMILES string of the molecule is CCc1cc(-c2ccc(C)cc2C(F)(F)F)no1. The lowest BCUT2D eigenvalue weighted by Crippen LogP contribution is -2.07. The van der Waals surface area contributed by atoms with Gasteiger partial charge in [-0.05, 0) is 13.0 Å². The predicted molar refractivity (Wildman–Crippen MR) is 61.1 cm³/mol. The molecule has 5 heteroatoms. The number of aryl methyl sites for hydroxylation is 2. The lowest BCUT2D eigenvalue weighted by molar-refractivity contribution is -0.137. The van der Waals surface area contributed by atoms with E-state index in [4.69, 9.17) is 4.52 Å². The summed E-state index contributed by atoms with van der Waals surface area (Å²) in [7, 11) is 0. The Hall–Kier alpha value is -1.78. The normalized spacial score (nSPS) is 11.8. The first kappa shape index (κ1) is 12.7. The maximum absolute atomic E-state index is 12.9. The van der Waals surface area contributed by atoms with E-state index in [2.05, 4.69) is 5.16 Å².